The monoisotopic (exact) mass is 235 g/mol. The Kier molecular flexibility index (Phi) is 15.0. The third-order valence-corrected chi connectivity index (χ3v) is 3.01. The van der Waals surface area contributed by atoms with Gasteiger partial charge in [-0.25, -0.2) is 0 Å². The van der Waals surface area contributed by atoms with E-state index in [4.69, 9.17) is 0 Å². The van der Waals surface area contributed by atoms with Crippen LogP contribution in [0.3, 0.4) is 0 Å². The first-order chi connectivity index (χ1) is 8.41. The molecule has 0 bridgehead atoms. The fourth-order valence-electron chi connectivity index (χ4n) is 1.84. The smallest absolute Gasteiger partial charge is 0.0230 e. The van der Waals surface area contributed by atoms with E-state index in [9.17, 15) is 0 Å². The van der Waals surface area contributed by atoms with Gasteiger partial charge in [-0.05, 0) is 31.8 Å². The van der Waals surface area contributed by atoms with Gasteiger partial charge in [-0.2, -0.15) is 0 Å². The van der Waals surface area contributed by atoms with E-state index in [1.165, 1.54) is 70.6 Å². The second-order valence-corrected chi connectivity index (χ2v) is 4.83. The molecule has 0 aromatic carbocycles. The van der Waals surface area contributed by atoms with Crippen LogP contribution in [0.2, 0.25) is 0 Å². The highest BCUT2D eigenvalue weighted by Gasteiger charge is 1.86. The van der Waals surface area contributed by atoms with Crippen LogP contribution in [0.25, 0.3) is 0 Å². The molecule has 0 saturated heterocycles. The third kappa shape index (κ3) is 15.5. The summed E-state index contributed by atoms with van der Waals surface area (Å²) >= 11 is 0. The number of unbranched alkanes of at least 4 members (excludes halogenated alkanes) is 9. The molecule has 0 fully saturated rings. The van der Waals surface area contributed by atoms with Crippen LogP contribution < -0.4 is 0 Å². The van der Waals surface area contributed by atoms with Gasteiger partial charge in [0.05, 0.1) is 0 Å². The molecule has 0 saturated carbocycles. The largest absolute Gasteiger partial charge is 0.0839 e. The van der Waals surface area contributed by atoms with E-state index < -0.39 is 0 Å². The van der Waals surface area contributed by atoms with Gasteiger partial charge in [0.1, 0.15) is 0 Å². The van der Waals surface area contributed by atoms with E-state index >= 15 is 0 Å². The molecule has 0 aliphatic rings. The normalized spacial score (nSPS) is 11.9. The van der Waals surface area contributed by atoms with Gasteiger partial charge in [-0.3, -0.25) is 0 Å². The van der Waals surface area contributed by atoms with Crippen LogP contribution in [0.15, 0.2) is 18.2 Å². The molecule has 17 heavy (non-hydrogen) atoms. The van der Waals surface area contributed by atoms with Gasteiger partial charge in [-0.1, -0.05) is 77.0 Å². The second kappa shape index (κ2) is 15.5. The predicted molar refractivity (Wildman–Crippen MR) is 79.1 cm³/mol. The predicted octanol–water partition coefficient (Wildman–Crippen LogP) is 6.23. The molecule has 99 valence electrons. The van der Waals surface area contributed by atoms with E-state index in [-0.39, 0.29) is 0 Å². The van der Waals surface area contributed by atoms with Gasteiger partial charge in [-0.15, -0.1) is 0 Å². The Morgan fingerprint density at radius 3 is 2.00 bits per heavy atom. The summed E-state index contributed by atoms with van der Waals surface area (Å²) in [5, 5.41) is 0. The van der Waals surface area contributed by atoms with E-state index in [2.05, 4.69) is 38.2 Å². The molecule has 0 amide bonds. The van der Waals surface area contributed by atoms with E-state index in [0.717, 1.165) is 0 Å². The van der Waals surface area contributed by atoms with Gasteiger partial charge in [0, 0.05) is 0 Å². The van der Waals surface area contributed by atoms with Crippen molar-refractivity contribution in [3.8, 4) is 0 Å². The summed E-state index contributed by atoms with van der Waals surface area (Å²) in [5.74, 6) is 0. The van der Waals surface area contributed by atoms with Crippen molar-refractivity contribution in [2.24, 2.45) is 0 Å². The van der Waals surface area contributed by atoms with Crippen molar-refractivity contribution in [2.45, 2.75) is 84.5 Å². The lowest BCUT2D eigenvalue weighted by atomic mass is 10.1. The molecule has 0 heteroatoms. The van der Waals surface area contributed by atoms with Gasteiger partial charge in [0.2, 0.25) is 0 Å². The Balaban J connectivity index is 3.15. The van der Waals surface area contributed by atoms with E-state index in [1.54, 1.807) is 0 Å². The molecular weight excluding hydrogens is 204 g/mol. The van der Waals surface area contributed by atoms with Crippen molar-refractivity contribution in [1.29, 1.82) is 0 Å². The maximum Gasteiger partial charge on any atom is -0.0230 e. The maximum absolute atomic E-state index is 3.26. The molecule has 0 aromatic heterocycles. The lowest BCUT2D eigenvalue weighted by Crippen LogP contribution is -1.75. The molecule has 0 aliphatic carbocycles. The molecule has 0 aliphatic heterocycles. The zero-order valence-corrected chi connectivity index (χ0v) is 12.0. The molecule has 1 radical (unpaired) electrons. The van der Waals surface area contributed by atoms with E-state index in [0.29, 0.717) is 0 Å². The quantitative estimate of drug-likeness (QED) is 0.278. The SMILES string of the molecule is CCCCCCC=C/[C]=C/CCCCCCC. The van der Waals surface area contributed by atoms with Crippen molar-refractivity contribution in [3.05, 3.63) is 24.3 Å². The van der Waals surface area contributed by atoms with Crippen molar-refractivity contribution < 1.29 is 0 Å². The average molecular weight is 235 g/mol. The number of hydrogen-bond donors (Lipinski definition) is 0. The first-order valence-corrected chi connectivity index (χ1v) is 7.64. The Hall–Kier alpha value is -0.520. The first-order valence-electron chi connectivity index (χ1n) is 7.64. The summed E-state index contributed by atoms with van der Waals surface area (Å²) in [7, 11) is 0. The summed E-state index contributed by atoms with van der Waals surface area (Å²) in [6.07, 6.45) is 24.5. The van der Waals surface area contributed by atoms with Gasteiger partial charge in [0.15, 0.2) is 0 Å². The molecule has 0 spiro atoms. The van der Waals surface area contributed by atoms with Gasteiger partial charge >= 0.3 is 0 Å². The maximum atomic E-state index is 3.26. The highest BCUT2D eigenvalue weighted by Crippen LogP contribution is 2.05. The van der Waals surface area contributed by atoms with Crippen molar-refractivity contribution in [3.63, 3.8) is 0 Å². The van der Waals surface area contributed by atoms with Crippen LogP contribution in [-0.2, 0) is 0 Å². The number of hydrogen-bond acceptors (Lipinski definition) is 0. The lowest BCUT2D eigenvalue weighted by molar-refractivity contribution is 0.637. The number of rotatable bonds is 12. The number of allylic oxidation sites excluding steroid dienone is 4. The Bertz CT molecular complexity index is 176. The molecular formula is C17H31. The highest BCUT2D eigenvalue weighted by molar-refractivity contribution is 4.94. The van der Waals surface area contributed by atoms with Crippen molar-refractivity contribution >= 4 is 0 Å². The zero-order chi connectivity index (χ0) is 12.6. The summed E-state index contributed by atoms with van der Waals surface area (Å²) in [5.41, 5.74) is 0. The average Bonchev–Trinajstić information content (AvgIpc) is 2.35. The standard InChI is InChI=1S/C17H31/c1-3-5-7-9-11-13-15-17-16-14-12-10-8-6-4-2/h13,15-16H,3-12,14H2,1-2H3. The summed E-state index contributed by atoms with van der Waals surface area (Å²) in [6.45, 7) is 4.52. The molecule has 0 nitrogen and oxygen atoms in total. The minimum absolute atomic E-state index is 1.20. The third-order valence-electron chi connectivity index (χ3n) is 3.01. The first kappa shape index (κ1) is 16.5. The van der Waals surface area contributed by atoms with Crippen molar-refractivity contribution in [1.82, 2.24) is 0 Å². The van der Waals surface area contributed by atoms with Crippen LogP contribution >= 0.6 is 0 Å². The second-order valence-electron chi connectivity index (χ2n) is 4.83. The van der Waals surface area contributed by atoms with Crippen LogP contribution in [-0.4, -0.2) is 0 Å². The zero-order valence-electron chi connectivity index (χ0n) is 12.0. The van der Waals surface area contributed by atoms with Crippen LogP contribution in [0.4, 0.5) is 0 Å². The Morgan fingerprint density at radius 2 is 1.29 bits per heavy atom. The minimum atomic E-state index is 1.20. The topological polar surface area (TPSA) is 0 Å². The fourth-order valence-corrected chi connectivity index (χ4v) is 1.84. The van der Waals surface area contributed by atoms with Crippen LogP contribution in [0.5, 0.6) is 0 Å². The fraction of sp³-hybridized carbons (Fsp3) is 0.765. The minimum Gasteiger partial charge on any atom is -0.0839 e. The molecule has 0 rings (SSSR count). The molecule has 0 unspecified atom stereocenters. The summed E-state index contributed by atoms with van der Waals surface area (Å²) in [4.78, 5) is 0. The van der Waals surface area contributed by atoms with E-state index in [1.807, 2.05) is 0 Å². The Morgan fingerprint density at radius 1 is 0.706 bits per heavy atom. The molecule has 0 heterocycles. The molecule has 0 atom stereocenters. The lowest BCUT2D eigenvalue weighted by Gasteiger charge is -1.95. The van der Waals surface area contributed by atoms with Gasteiger partial charge in [0.25, 0.3) is 0 Å². The van der Waals surface area contributed by atoms with Gasteiger partial charge < -0.3 is 0 Å². The summed E-state index contributed by atoms with van der Waals surface area (Å²) < 4.78 is 0. The molecule has 0 aromatic rings. The Labute approximate surface area is 109 Å². The van der Waals surface area contributed by atoms with Crippen LogP contribution in [0, 0.1) is 6.08 Å². The molecule has 0 N–H and O–H groups in total. The summed E-state index contributed by atoms with van der Waals surface area (Å²) in [6, 6.07) is 0. The van der Waals surface area contributed by atoms with Crippen molar-refractivity contribution in [2.75, 3.05) is 0 Å². The highest BCUT2D eigenvalue weighted by atomic mass is 13.9. The van der Waals surface area contributed by atoms with Crippen LogP contribution in [0.1, 0.15) is 84.5 Å².